The molecular formula is C21H21N3O2S. The second kappa shape index (κ2) is 7.13. The van der Waals surface area contributed by atoms with Crippen molar-refractivity contribution >= 4 is 31.8 Å². The second-order valence-electron chi connectivity index (χ2n) is 6.66. The maximum atomic E-state index is 12.7. The Labute approximate surface area is 158 Å². The van der Waals surface area contributed by atoms with Crippen LogP contribution in [0.4, 0.5) is 0 Å². The van der Waals surface area contributed by atoms with Crippen LogP contribution in [0.1, 0.15) is 12.0 Å². The van der Waals surface area contributed by atoms with Crippen molar-refractivity contribution in [3.63, 3.8) is 0 Å². The van der Waals surface area contributed by atoms with Gasteiger partial charge in [0.05, 0.1) is 5.52 Å². The standard InChI is InChI=1S/C21H21N3O2S/c1-16-14-18-7-4-9-20(21(18)22-15-16)27(25,26)23-11-5-12-24-13-10-17-6-2-3-8-19(17)24/h2-4,6-10,13-15,23H,5,11-12H2,1H3. The fourth-order valence-corrected chi connectivity index (χ4v) is 4.58. The molecule has 6 heteroatoms. The normalized spacial score (nSPS) is 12.0. The van der Waals surface area contributed by atoms with Crippen LogP contribution >= 0.6 is 0 Å². The fourth-order valence-electron chi connectivity index (χ4n) is 3.33. The van der Waals surface area contributed by atoms with E-state index < -0.39 is 10.0 Å². The van der Waals surface area contributed by atoms with Gasteiger partial charge in [-0.1, -0.05) is 30.3 Å². The molecule has 0 atom stereocenters. The Balaban J connectivity index is 1.46. The number of para-hydroxylation sites is 2. The second-order valence-corrected chi connectivity index (χ2v) is 8.40. The van der Waals surface area contributed by atoms with Crippen molar-refractivity contribution in [3.8, 4) is 0 Å². The van der Waals surface area contributed by atoms with Crippen molar-refractivity contribution < 1.29 is 8.42 Å². The zero-order chi connectivity index (χ0) is 18.9. The number of nitrogens with zero attached hydrogens (tertiary/aromatic N) is 2. The lowest BCUT2D eigenvalue weighted by Crippen LogP contribution is -2.26. The van der Waals surface area contributed by atoms with Gasteiger partial charge in [0.2, 0.25) is 10.0 Å². The lowest BCUT2D eigenvalue weighted by Gasteiger charge is -2.10. The number of benzene rings is 2. The van der Waals surface area contributed by atoms with E-state index >= 15 is 0 Å². The van der Waals surface area contributed by atoms with E-state index in [1.54, 1.807) is 18.3 Å². The molecule has 0 fully saturated rings. The number of sulfonamides is 1. The molecule has 0 amide bonds. The first-order chi connectivity index (χ1) is 13.0. The zero-order valence-electron chi connectivity index (χ0n) is 15.1. The largest absolute Gasteiger partial charge is 0.347 e. The predicted octanol–water partition coefficient (Wildman–Crippen LogP) is 3.87. The Kier molecular flexibility index (Phi) is 4.68. The van der Waals surface area contributed by atoms with E-state index in [2.05, 4.69) is 32.5 Å². The summed E-state index contributed by atoms with van der Waals surface area (Å²) in [4.78, 5) is 4.55. The molecule has 0 spiro atoms. The molecule has 0 aliphatic carbocycles. The van der Waals surface area contributed by atoms with Crippen LogP contribution in [0, 0.1) is 6.92 Å². The van der Waals surface area contributed by atoms with Crippen LogP contribution in [0.15, 0.2) is 71.9 Å². The molecule has 4 rings (SSSR count). The van der Waals surface area contributed by atoms with Gasteiger partial charge in [0.1, 0.15) is 4.90 Å². The van der Waals surface area contributed by atoms with Crippen LogP contribution in [0.5, 0.6) is 0 Å². The van der Waals surface area contributed by atoms with Gasteiger partial charge in [0.25, 0.3) is 0 Å². The maximum absolute atomic E-state index is 12.7. The van der Waals surface area contributed by atoms with Crippen LogP contribution < -0.4 is 4.72 Å². The topological polar surface area (TPSA) is 64.0 Å². The Hall–Kier alpha value is -2.70. The van der Waals surface area contributed by atoms with Crippen LogP contribution in [0.3, 0.4) is 0 Å². The van der Waals surface area contributed by atoms with E-state index in [4.69, 9.17) is 0 Å². The lowest BCUT2D eigenvalue weighted by atomic mass is 10.2. The minimum Gasteiger partial charge on any atom is -0.347 e. The predicted molar refractivity (Wildman–Crippen MR) is 108 cm³/mol. The summed E-state index contributed by atoms with van der Waals surface area (Å²) in [5, 5.41) is 2.02. The number of aryl methyl sites for hydroxylation is 2. The van der Waals surface area contributed by atoms with E-state index in [1.165, 1.54) is 5.39 Å². The highest BCUT2D eigenvalue weighted by Gasteiger charge is 2.17. The monoisotopic (exact) mass is 379 g/mol. The number of aromatic nitrogens is 2. The molecule has 1 N–H and O–H groups in total. The Bertz CT molecular complexity index is 1210. The molecule has 0 unspecified atom stereocenters. The molecule has 4 aromatic rings. The lowest BCUT2D eigenvalue weighted by molar-refractivity contribution is 0.572. The van der Waals surface area contributed by atoms with Crippen LogP contribution in [-0.4, -0.2) is 24.5 Å². The van der Waals surface area contributed by atoms with Crippen molar-refractivity contribution in [1.29, 1.82) is 0 Å². The average molecular weight is 379 g/mol. The highest BCUT2D eigenvalue weighted by atomic mass is 32.2. The van der Waals surface area contributed by atoms with Crippen molar-refractivity contribution in [2.24, 2.45) is 0 Å². The molecular weight excluding hydrogens is 358 g/mol. The van der Waals surface area contributed by atoms with Gasteiger partial charge in [-0.2, -0.15) is 0 Å². The van der Waals surface area contributed by atoms with E-state index in [0.717, 1.165) is 23.0 Å². The van der Waals surface area contributed by atoms with Crippen molar-refractivity contribution in [3.05, 3.63) is 72.6 Å². The van der Waals surface area contributed by atoms with Crippen molar-refractivity contribution in [1.82, 2.24) is 14.3 Å². The number of pyridine rings is 1. The summed E-state index contributed by atoms with van der Waals surface area (Å²) in [6.07, 6.45) is 4.43. The van der Waals surface area contributed by atoms with Gasteiger partial charge in [0.15, 0.2) is 0 Å². The number of rotatable bonds is 6. The van der Waals surface area contributed by atoms with E-state index in [-0.39, 0.29) is 4.90 Å². The number of fused-ring (bicyclic) bond motifs is 2. The summed E-state index contributed by atoms with van der Waals surface area (Å²) in [6, 6.07) is 17.4. The molecule has 0 saturated heterocycles. The maximum Gasteiger partial charge on any atom is 0.242 e. The van der Waals surface area contributed by atoms with Crippen LogP contribution in [0.25, 0.3) is 21.8 Å². The van der Waals surface area contributed by atoms with Gasteiger partial charge in [0, 0.05) is 36.4 Å². The summed E-state index contributed by atoms with van der Waals surface area (Å²) in [6.45, 7) is 3.07. The third-order valence-corrected chi connectivity index (χ3v) is 6.14. The zero-order valence-corrected chi connectivity index (χ0v) is 15.9. The molecule has 0 saturated carbocycles. The van der Waals surface area contributed by atoms with Crippen molar-refractivity contribution in [2.45, 2.75) is 24.8 Å². The van der Waals surface area contributed by atoms with Gasteiger partial charge in [-0.15, -0.1) is 0 Å². The Morgan fingerprint density at radius 1 is 1.04 bits per heavy atom. The minimum atomic E-state index is -3.61. The highest BCUT2D eigenvalue weighted by Crippen LogP contribution is 2.21. The number of nitrogens with one attached hydrogen (secondary N) is 1. The summed E-state index contributed by atoms with van der Waals surface area (Å²) >= 11 is 0. The quantitative estimate of drug-likeness (QED) is 0.517. The minimum absolute atomic E-state index is 0.228. The van der Waals surface area contributed by atoms with E-state index in [0.29, 0.717) is 18.5 Å². The molecule has 2 heterocycles. The third kappa shape index (κ3) is 3.59. The number of hydrogen-bond acceptors (Lipinski definition) is 3. The molecule has 27 heavy (non-hydrogen) atoms. The van der Waals surface area contributed by atoms with Gasteiger partial charge in [-0.25, -0.2) is 13.1 Å². The summed E-state index contributed by atoms with van der Waals surface area (Å²) in [5.41, 5.74) is 2.67. The summed E-state index contributed by atoms with van der Waals surface area (Å²) in [7, 11) is -3.61. The molecule has 2 aromatic carbocycles. The van der Waals surface area contributed by atoms with Gasteiger partial charge < -0.3 is 4.57 Å². The Morgan fingerprint density at radius 3 is 2.74 bits per heavy atom. The van der Waals surface area contributed by atoms with E-state index in [9.17, 15) is 8.42 Å². The molecule has 138 valence electrons. The van der Waals surface area contributed by atoms with Gasteiger partial charge in [-0.3, -0.25) is 4.98 Å². The Morgan fingerprint density at radius 2 is 1.85 bits per heavy atom. The average Bonchev–Trinajstić information content (AvgIpc) is 3.08. The smallest absolute Gasteiger partial charge is 0.242 e. The van der Waals surface area contributed by atoms with Gasteiger partial charge in [-0.05, 0) is 48.6 Å². The van der Waals surface area contributed by atoms with Gasteiger partial charge >= 0.3 is 0 Å². The van der Waals surface area contributed by atoms with Crippen LogP contribution in [-0.2, 0) is 16.6 Å². The fraction of sp³-hybridized carbons (Fsp3) is 0.190. The van der Waals surface area contributed by atoms with E-state index in [1.807, 2.05) is 37.4 Å². The van der Waals surface area contributed by atoms with Crippen LogP contribution in [0.2, 0.25) is 0 Å². The highest BCUT2D eigenvalue weighted by molar-refractivity contribution is 7.89. The summed E-state index contributed by atoms with van der Waals surface area (Å²) < 4.78 is 30.3. The van der Waals surface area contributed by atoms with Crippen molar-refractivity contribution in [2.75, 3.05) is 6.54 Å². The molecule has 5 nitrogen and oxygen atoms in total. The summed E-state index contributed by atoms with van der Waals surface area (Å²) in [5.74, 6) is 0. The molecule has 0 aliphatic heterocycles. The first-order valence-electron chi connectivity index (χ1n) is 8.93. The molecule has 0 radical (unpaired) electrons. The number of hydrogen-bond donors (Lipinski definition) is 1. The molecule has 0 aliphatic rings. The molecule has 0 bridgehead atoms. The molecule has 2 aromatic heterocycles. The first kappa shape index (κ1) is 17.7. The first-order valence-corrected chi connectivity index (χ1v) is 10.4. The third-order valence-electron chi connectivity index (χ3n) is 4.65. The SMILES string of the molecule is Cc1cnc2c(S(=O)(=O)NCCCn3ccc4ccccc43)cccc2c1.